The highest BCUT2D eigenvalue weighted by molar-refractivity contribution is 6.02. The van der Waals surface area contributed by atoms with Crippen LogP contribution in [0.1, 0.15) is 45.4 Å². The molecule has 0 heteroatoms. The van der Waals surface area contributed by atoms with Crippen molar-refractivity contribution in [3.05, 3.63) is 187 Å². The molecule has 0 amide bonds. The summed E-state index contributed by atoms with van der Waals surface area (Å²) in [5.74, 6) is 0. The minimum absolute atomic E-state index is 0.924. The number of hydrogen-bond acceptors (Lipinski definition) is 0. The molecular weight excluding hydrogens is 468 g/mol. The zero-order valence-corrected chi connectivity index (χ0v) is 22.4. The lowest BCUT2D eigenvalue weighted by molar-refractivity contribution is 1.31. The van der Waals surface area contributed by atoms with Gasteiger partial charge in [0, 0.05) is 0 Å². The van der Waals surface area contributed by atoms with Crippen molar-refractivity contribution in [1.82, 2.24) is 0 Å². The second-order valence-electron chi connectivity index (χ2n) is 10.5. The van der Waals surface area contributed by atoms with Gasteiger partial charge in [0.1, 0.15) is 0 Å². The Morgan fingerprint density at radius 3 is 2.05 bits per heavy atom. The van der Waals surface area contributed by atoms with Crippen LogP contribution in [0.3, 0.4) is 0 Å². The summed E-state index contributed by atoms with van der Waals surface area (Å²) in [6, 6.07) is 41.9. The first-order valence-corrected chi connectivity index (χ1v) is 13.8. The van der Waals surface area contributed by atoms with Crippen LogP contribution in [0, 0.1) is 24.3 Å². The highest BCUT2D eigenvalue weighted by Gasteiger charge is 2.22. The number of benzene rings is 5. The first-order valence-electron chi connectivity index (χ1n) is 13.8. The van der Waals surface area contributed by atoms with E-state index in [1.54, 1.807) is 0 Å². The maximum Gasteiger partial charge on any atom is -0.00325 e. The standard InChI is InChI=1S/C39H30/c1-26-13-11-20-31(27(26)2)33-21-12-22-35(33)39-36(24-23-34-32-19-10-9-18-30(32)25-37(34)39)38(28-14-5-3-6-15-28)29-16-7-4-8-17-29/h3-21,23-25H,22H2,1-2H3. The fourth-order valence-electron chi connectivity index (χ4n) is 6.29. The van der Waals surface area contributed by atoms with Crippen LogP contribution in [0.15, 0.2) is 127 Å². The average Bonchev–Trinajstić information content (AvgIpc) is 3.61. The maximum atomic E-state index is 2.41. The van der Waals surface area contributed by atoms with E-state index in [1.807, 2.05) is 0 Å². The van der Waals surface area contributed by atoms with Crippen molar-refractivity contribution >= 4 is 22.8 Å². The molecule has 2 aliphatic carbocycles. The van der Waals surface area contributed by atoms with Crippen LogP contribution >= 0.6 is 0 Å². The Bertz CT molecular complexity index is 1980. The summed E-state index contributed by atoms with van der Waals surface area (Å²) in [5.41, 5.74) is 13.2. The predicted octanol–water partition coefficient (Wildman–Crippen LogP) is 7.85. The lowest BCUT2D eigenvalue weighted by Gasteiger charge is -2.18. The highest BCUT2D eigenvalue weighted by Crippen LogP contribution is 2.38. The van der Waals surface area contributed by atoms with Crippen LogP contribution in [0.5, 0.6) is 0 Å². The molecule has 0 aromatic heterocycles. The molecule has 0 aliphatic heterocycles. The molecule has 0 radical (unpaired) electrons. The van der Waals surface area contributed by atoms with Gasteiger partial charge in [-0.05, 0) is 103 Å². The van der Waals surface area contributed by atoms with Crippen LogP contribution in [0.25, 0.3) is 22.8 Å². The monoisotopic (exact) mass is 498 g/mol. The summed E-state index contributed by atoms with van der Waals surface area (Å²) in [5, 5.41) is 5.23. The van der Waals surface area contributed by atoms with Gasteiger partial charge < -0.3 is 0 Å². The minimum Gasteiger partial charge on any atom is -0.0795 e. The SMILES string of the molecule is Cc1cccc(C2=C(c3c4c(ccc3=C(c3ccccc3)c3ccccc3)=c3ccccc3=C4)CC=C2)c1C. The van der Waals surface area contributed by atoms with E-state index in [4.69, 9.17) is 0 Å². The largest absolute Gasteiger partial charge is 0.0795 e. The normalized spacial score (nSPS) is 13.3. The van der Waals surface area contributed by atoms with Crippen molar-refractivity contribution in [3.8, 4) is 0 Å². The smallest absolute Gasteiger partial charge is 0.00325 e. The summed E-state index contributed by atoms with van der Waals surface area (Å²) in [6.07, 6.45) is 8.01. The van der Waals surface area contributed by atoms with E-state index in [9.17, 15) is 0 Å². The Labute approximate surface area is 229 Å². The van der Waals surface area contributed by atoms with E-state index in [0.29, 0.717) is 0 Å². The summed E-state index contributed by atoms with van der Waals surface area (Å²) < 4.78 is 0. The van der Waals surface area contributed by atoms with Gasteiger partial charge in [0.15, 0.2) is 0 Å². The fourth-order valence-corrected chi connectivity index (χ4v) is 6.29. The molecule has 7 rings (SSSR count). The van der Waals surface area contributed by atoms with Gasteiger partial charge in [-0.3, -0.25) is 0 Å². The molecule has 0 spiro atoms. The summed E-state index contributed by atoms with van der Waals surface area (Å²) >= 11 is 0. The molecule has 0 saturated carbocycles. The zero-order chi connectivity index (χ0) is 26.3. The number of allylic oxidation sites excluding steroid dienone is 4. The lowest BCUT2D eigenvalue weighted by Crippen LogP contribution is -2.17. The second kappa shape index (κ2) is 9.57. The van der Waals surface area contributed by atoms with E-state index < -0.39 is 0 Å². The fraction of sp³-hybridized carbons (Fsp3) is 0.0769. The Morgan fingerprint density at radius 2 is 1.31 bits per heavy atom. The van der Waals surface area contributed by atoms with Gasteiger partial charge in [-0.1, -0.05) is 127 Å². The van der Waals surface area contributed by atoms with Gasteiger partial charge in [-0.2, -0.15) is 0 Å². The molecule has 0 bridgehead atoms. The molecule has 186 valence electrons. The van der Waals surface area contributed by atoms with Crippen molar-refractivity contribution < 1.29 is 0 Å². The quantitative estimate of drug-likeness (QED) is 0.232. The van der Waals surface area contributed by atoms with Crippen molar-refractivity contribution in [3.63, 3.8) is 0 Å². The van der Waals surface area contributed by atoms with Crippen molar-refractivity contribution in [2.75, 3.05) is 0 Å². The van der Waals surface area contributed by atoms with Gasteiger partial charge in [0.05, 0.1) is 0 Å². The minimum atomic E-state index is 0.924. The van der Waals surface area contributed by atoms with Gasteiger partial charge in [-0.15, -0.1) is 0 Å². The number of rotatable bonds is 4. The maximum absolute atomic E-state index is 2.41. The van der Waals surface area contributed by atoms with Crippen molar-refractivity contribution in [2.45, 2.75) is 20.3 Å². The van der Waals surface area contributed by atoms with Gasteiger partial charge in [-0.25, -0.2) is 0 Å². The summed E-state index contributed by atoms with van der Waals surface area (Å²) in [7, 11) is 0. The molecule has 0 saturated heterocycles. The molecule has 0 N–H and O–H groups in total. The molecule has 39 heavy (non-hydrogen) atoms. The van der Waals surface area contributed by atoms with Crippen molar-refractivity contribution in [1.29, 1.82) is 0 Å². The third kappa shape index (κ3) is 3.92. The molecule has 0 nitrogen and oxygen atoms in total. The van der Waals surface area contributed by atoms with E-state index in [-0.39, 0.29) is 0 Å². The topological polar surface area (TPSA) is 0 Å². The number of hydrogen-bond donors (Lipinski definition) is 0. The van der Waals surface area contributed by atoms with Crippen LogP contribution in [-0.4, -0.2) is 0 Å². The van der Waals surface area contributed by atoms with Crippen molar-refractivity contribution in [2.24, 2.45) is 0 Å². The predicted molar refractivity (Wildman–Crippen MR) is 164 cm³/mol. The number of fused-ring (bicyclic) bond motifs is 2. The third-order valence-electron chi connectivity index (χ3n) is 8.32. The summed E-state index contributed by atoms with van der Waals surface area (Å²) in [6.45, 7) is 4.47. The van der Waals surface area contributed by atoms with Gasteiger partial charge >= 0.3 is 0 Å². The molecule has 5 aromatic carbocycles. The highest BCUT2D eigenvalue weighted by atomic mass is 14.3. The first-order chi connectivity index (χ1) is 19.2. The Kier molecular flexibility index (Phi) is 5.75. The average molecular weight is 499 g/mol. The molecule has 0 unspecified atom stereocenters. The second-order valence-corrected chi connectivity index (χ2v) is 10.5. The summed E-state index contributed by atoms with van der Waals surface area (Å²) in [4.78, 5) is 0. The molecular formula is C39H30. The van der Waals surface area contributed by atoms with Crippen LogP contribution in [-0.2, 0) is 0 Å². The van der Waals surface area contributed by atoms with Crippen LogP contribution in [0.4, 0.5) is 0 Å². The number of aryl methyl sites for hydroxylation is 1. The molecule has 0 fully saturated rings. The van der Waals surface area contributed by atoms with E-state index in [0.717, 1.165) is 6.42 Å². The van der Waals surface area contributed by atoms with Gasteiger partial charge in [0.2, 0.25) is 0 Å². The van der Waals surface area contributed by atoms with Crippen LogP contribution < -0.4 is 10.4 Å². The molecule has 0 atom stereocenters. The molecule has 2 aliphatic rings. The van der Waals surface area contributed by atoms with Crippen LogP contribution in [0.2, 0.25) is 0 Å². The van der Waals surface area contributed by atoms with E-state index in [2.05, 4.69) is 147 Å². The Hall–Kier alpha value is -4.68. The van der Waals surface area contributed by atoms with E-state index in [1.165, 1.54) is 76.5 Å². The Balaban J connectivity index is 1.68. The Morgan fingerprint density at radius 1 is 0.615 bits per heavy atom. The molecule has 0 heterocycles. The van der Waals surface area contributed by atoms with E-state index >= 15 is 0 Å². The molecule has 5 aromatic rings. The van der Waals surface area contributed by atoms with Gasteiger partial charge in [0.25, 0.3) is 0 Å². The zero-order valence-electron chi connectivity index (χ0n) is 22.4. The third-order valence-corrected chi connectivity index (χ3v) is 8.32. The first kappa shape index (κ1) is 23.4. The lowest BCUT2D eigenvalue weighted by atomic mass is 9.85.